The lowest BCUT2D eigenvalue weighted by Gasteiger charge is -2.22. The van der Waals surface area contributed by atoms with Crippen LogP contribution in [0.4, 0.5) is 0 Å². The molecule has 0 aliphatic heterocycles. The first kappa shape index (κ1) is 14.4. The summed E-state index contributed by atoms with van der Waals surface area (Å²) in [7, 11) is 2.85. The van der Waals surface area contributed by atoms with E-state index in [-0.39, 0.29) is 28.4 Å². The first-order valence-corrected chi connectivity index (χ1v) is 6.70. The molecule has 0 saturated heterocycles. The van der Waals surface area contributed by atoms with Gasteiger partial charge in [-0.05, 0) is 12.1 Å². The van der Waals surface area contributed by atoms with Gasteiger partial charge in [-0.2, -0.15) is 0 Å². The maximum absolute atomic E-state index is 12.6. The fourth-order valence-electron chi connectivity index (χ4n) is 2.73. The molecular formula is C17H14O5. The molecule has 0 unspecified atom stereocenters. The van der Waals surface area contributed by atoms with Crippen molar-refractivity contribution >= 4 is 11.6 Å². The van der Waals surface area contributed by atoms with Gasteiger partial charge >= 0.3 is 0 Å². The Bertz CT molecular complexity index is 775. The Kier molecular flexibility index (Phi) is 3.52. The molecule has 1 aliphatic carbocycles. The average Bonchev–Trinajstić information content (AvgIpc) is 2.55. The second-order valence-electron chi connectivity index (χ2n) is 4.93. The fourth-order valence-corrected chi connectivity index (χ4v) is 2.73. The minimum Gasteiger partial charge on any atom is -0.507 e. The third-order valence-electron chi connectivity index (χ3n) is 3.78. The summed E-state index contributed by atoms with van der Waals surface area (Å²) in [6, 6.07) is 9.62. The predicted octanol–water partition coefficient (Wildman–Crippen LogP) is 2.46. The maximum Gasteiger partial charge on any atom is 0.198 e. The first-order chi connectivity index (χ1) is 10.6. The average molecular weight is 298 g/mol. The quantitative estimate of drug-likeness (QED) is 0.752. The lowest BCUT2D eigenvalue weighted by molar-refractivity contribution is -0.107. The molecule has 1 aliphatic rings. The summed E-state index contributed by atoms with van der Waals surface area (Å²) in [5.74, 6) is -0.937. The van der Waals surface area contributed by atoms with E-state index in [4.69, 9.17) is 9.47 Å². The molecule has 0 amide bonds. The molecule has 112 valence electrons. The van der Waals surface area contributed by atoms with Crippen molar-refractivity contribution in [1.82, 2.24) is 0 Å². The van der Waals surface area contributed by atoms with Crippen molar-refractivity contribution in [2.24, 2.45) is 0 Å². The van der Waals surface area contributed by atoms with Gasteiger partial charge in [0.05, 0.1) is 11.1 Å². The number of hydrogen-bond acceptors (Lipinski definition) is 5. The van der Waals surface area contributed by atoms with Gasteiger partial charge in [-0.1, -0.05) is 24.3 Å². The van der Waals surface area contributed by atoms with Crippen molar-refractivity contribution in [2.45, 2.75) is 6.29 Å². The largest absolute Gasteiger partial charge is 0.507 e. The van der Waals surface area contributed by atoms with E-state index in [9.17, 15) is 14.7 Å². The summed E-state index contributed by atoms with van der Waals surface area (Å²) in [4.78, 5) is 25.1. The lowest BCUT2D eigenvalue weighted by atomic mass is 9.82. The number of ketones is 2. The van der Waals surface area contributed by atoms with Crippen molar-refractivity contribution < 1.29 is 24.2 Å². The summed E-state index contributed by atoms with van der Waals surface area (Å²) in [6.45, 7) is 0. The number of phenols is 1. The number of carbonyl (C=O) groups excluding carboxylic acids is 2. The van der Waals surface area contributed by atoms with E-state index in [1.54, 1.807) is 24.3 Å². The highest BCUT2D eigenvalue weighted by molar-refractivity contribution is 6.29. The maximum atomic E-state index is 12.6. The number of rotatable bonds is 3. The van der Waals surface area contributed by atoms with Crippen LogP contribution in [0.15, 0.2) is 36.4 Å². The molecule has 5 heteroatoms. The minimum absolute atomic E-state index is 0.000278. The molecule has 0 bridgehead atoms. The Morgan fingerprint density at radius 2 is 1.45 bits per heavy atom. The molecular weight excluding hydrogens is 284 g/mol. The van der Waals surface area contributed by atoms with Crippen LogP contribution >= 0.6 is 0 Å². The molecule has 2 aromatic rings. The highest BCUT2D eigenvalue weighted by Gasteiger charge is 2.33. The van der Waals surface area contributed by atoms with Crippen molar-refractivity contribution in [2.75, 3.05) is 14.2 Å². The van der Waals surface area contributed by atoms with E-state index in [0.717, 1.165) is 0 Å². The Hall–Kier alpha value is -2.50. The van der Waals surface area contributed by atoms with Crippen molar-refractivity contribution in [3.63, 3.8) is 0 Å². The van der Waals surface area contributed by atoms with Gasteiger partial charge in [-0.3, -0.25) is 9.59 Å². The third kappa shape index (κ3) is 1.94. The normalized spacial score (nSPS) is 13.2. The van der Waals surface area contributed by atoms with Gasteiger partial charge in [0.2, 0.25) is 0 Å². The zero-order valence-electron chi connectivity index (χ0n) is 12.1. The molecule has 0 aromatic heterocycles. The van der Waals surface area contributed by atoms with Crippen molar-refractivity contribution in [3.8, 4) is 5.75 Å². The van der Waals surface area contributed by atoms with Crippen LogP contribution in [-0.2, 0) is 9.47 Å². The van der Waals surface area contributed by atoms with Gasteiger partial charge in [0.15, 0.2) is 17.9 Å². The summed E-state index contributed by atoms with van der Waals surface area (Å²) in [6.07, 6.45) is -0.814. The van der Waals surface area contributed by atoms with Crippen molar-refractivity contribution in [1.29, 1.82) is 0 Å². The second-order valence-corrected chi connectivity index (χ2v) is 4.93. The van der Waals surface area contributed by atoms with Gasteiger partial charge in [0.1, 0.15) is 5.75 Å². The number of benzene rings is 2. The van der Waals surface area contributed by atoms with Gasteiger partial charge < -0.3 is 14.6 Å². The van der Waals surface area contributed by atoms with Gasteiger partial charge in [-0.25, -0.2) is 0 Å². The van der Waals surface area contributed by atoms with E-state index in [1.165, 1.54) is 26.4 Å². The molecule has 1 N–H and O–H groups in total. The summed E-state index contributed by atoms with van der Waals surface area (Å²) in [5.41, 5.74) is 1.14. The van der Waals surface area contributed by atoms with Crippen LogP contribution in [0.25, 0.3) is 0 Å². The Morgan fingerprint density at radius 1 is 0.864 bits per heavy atom. The van der Waals surface area contributed by atoms with E-state index < -0.39 is 6.29 Å². The van der Waals surface area contributed by atoms with Gasteiger partial charge in [-0.15, -0.1) is 0 Å². The molecule has 0 atom stereocenters. The topological polar surface area (TPSA) is 72.8 Å². The van der Waals surface area contributed by atoms with E-state index in [1.807, 2.05) is 0 Å². The molecule has 22 heavy (non-hydrogen) atoms. The first-order valence-electron chi connectivity index (χ1n) is 6.70. The van der Waals surface area contributed by atoms with Crippen LogP contribution in [0, 0.1) is 0 Å². The van der Waals surface area contributed by atoms with Crippen LogP contribution in [0.3, 0.4) is 0 Å². The Labute approximate surface area is 127 Å². The molecule has 0 radical (unpaired) electrons. The Balaban J connectivity index is 2.23. The number of aromatic hydroxyl groups is 1. The highest BCUT2D eigenvalue weighted by atomic mass is 16.7. The van der Waals surface area contributed by atoms with Crippen LogP contribution in [0.5, 0.6) is 5.75 Å². The molecule has 5 nitrogen and oxygen atoms in total. The zero-order chi connectivity index (χ0) is 15.9. The molecule has 3 rings (SSSR count). The van der Waals surface area contributed by atoms with E-state index in [0.29, 0.717) is 16.7 Å². The number of fused-ring (bicyclic) bond motifs is 2. The number of phenolic OH excluding ortho intramolecular Hbond substituents is 1. The fraction of sp³-hybridized carbons (Fsp3) is 0.176. The smallest absolute Gasteiger partial charge is 0.198 e. The SMILES string of the molecule is COC(OC)c1ccc2c(c1O)C(=O)c1ccccc1C2=O. The number of methoxy groups -OCH3 is 2. The minimum atomic E-state index is -0.814. The second kappa shape index (κ2) is 5.36. The summed E-state index contributed by atoms with van der Waals surface area (Å²) in [5, 5.41) is 10.4. The molecule has 0 spiro atoms. The van der Waals surface area contributed by atoms with Crippen LogP contribution in [0.1, 0.15) is 43.7 Å². The molecule has 0 heterocycles. The summed E-state index contributed by atoms with van der Waals surface area (Å²) >= 11 is 0. The molecule has 2 aromatic carbocycles. The number of hydrogen-bond donors (Lipinski definition) is 1. The third-order valence-corrected chi connectivity index (χ3v) is 3.78. The monoisotopic (exact) mass is 298 g/mol. The Morgan fingerprint density at radius 3 is 2.05 bits per heavy atom. The molecule has 0 saturated carbocycles. The van der Waals surface area contributed by atoms with Crippen LogP contribution in [0.2, 0.25) is 0 Å². The number of carbonyl (C=O) groups is 2. The number of ether oxygens (including phenoxy) is 2. The molecule has 0 fully saturated rings. The zero-order valence-corrected chi connectivity index (χ0v) is 12.1. The predicted molar refractivity (Wildman–Crippen MR) is 78.2 cm³/mol. The van der Waals surface area contributed by atoms with Crippen LogP contribution < -0.4 is 0 Å². The highest BCUT2D eigenvalue weighted by Crippen LogP contribution is 2.37. The van der Waals surface area contributed by atoms with Crippen molar-refractivity contribution in [3.05, 3.63) is 64.2 Å². The van der Waals surface area contributed by atoms with E-state index in [2.05, 4.69) is 0 Å². The van der Waals surface area contributed by atoms with E-state index >= 15 is 0 Å². The van der Waals surface area contributed by atoms with Gasteiger partial charge in [0, 0.05) is 30.9 Å². The lowest BCUT2D eigenvalue weighted by Crippen LogP contribution is -2.21. The standard InChI is InChI=1S/C17H14O5/c1-21-17(22-2)12-8-7-11-13(16(12)20)15(19)10-6-4-3-5-9(10)14(11)18/h3-8,17,20H,1-2H3. The van der Waals surface area contributed by atoms with Crippen LogP contribution in [-0.4, -0.2) is 30.9 Å². The summed E-state index contributed by atoms with van der Waals surface area (Å²) < 4.78 is 10.2. The van der Waals surface area contributed by atoms with Gasteiger partial charge in [0.25, 0.3) is 0 Å².